The van der Waals surface area contributed by atoms with Crippen molar-refractivity contribution >= 4 is 20.9 Å². The van der Waals surface area contributed by atoms with Crippen molar-refractivity contribution in [2.75, 3.05) is 5.75 Å². The summed E-state index contributed by atoms with van der Waals surface area (Å²) in [5.41, 5.74) is -0.665. The molecule has 0 N–H and O–H groups in total. The molecule has 0 spiro atoms. The molecule has 0 radical (unpaired) electrons. The Morgan fingerprint density at radius 2 is 2.13 bits per heavy atom. The van der Waals surface area contributed by atoms with E-state index in [-0.39, 0.29) is 24.1 Å². The second-order valence-electron chi connectivity index (χ2n) is 4.05. The fourth-order valence-electron chi connectivity index (χ4n) is 2.82. The van der Waals surface area contributed by atoms with E-state index in [2.05, 4.69) is 0 Å². The molecule has 3 saturated heterocycles. The van der Waals surface area contributed by atoms with Gasteiger partial charge in [0.2, 0.25) is 0 Å². The normalized spacial score (nSPS) is 55.2. The zero-order valence-electron chi connectivity index (χ0n) is 7.44. The quantitative estimate of drug-likeness (QED) is 0.154. The zero-order chi connectivity index (χ0) is 10.3. The van der Waals surface area contributed by atoms with Crippen LogP contribution >= 0.6 is 8.93 Å². The summed E-state index contributed by atoms with van der Waals surface area (Å²) in [6.07, 6.45) is 3.41. The van der Waals surface area contributed by atoms with Crippen LogP contribution < -0.4 is 19.8 Å². The molecule has 80 valence electrons. The van der Waals surface area contributed by atoms with Crippen molar-refractivity contribution < 1.29 is 38.9 Å². The predicted octanol–water partition coefficient (Wildman–Crippen LogP) is -3.12. The molecule has 4 atom stereocenters. The summed E-state index contributed by atoms with van der Waals surface area (Å²) >= 11 is -0.414. The molecule has 4 aliphatic rings. The summed E-state index contributed by atoms with van der Waals surface area (Å²) in [4.78, 5) is 23.8. The van der Waals surface area contributed by atoms with Gasteiger partial charge < -0.3 is 0 Å². The van der Waals surface area contributed by atoms with E-state index in [1.54, 1.807) is 8.93 Å². The molecule has 15 heavy (non-hydrogen) atoms. The second kappa shape index (κ2) is 2.43. The van der Waals surface area contributed by atoms with Crippen molar-refractivity contribution in [3.63, 3.8) is 0 Å². The Kier molecular flexibility index (Phi) is 1.46. The molecular weight excluding hydrogens is 331 g/mol. The molecular formula is C9H6IO4S-. The second-order valence-corrected chi connectivity index (χ2v) is 9.61. The van der Waals surface area contributed by atoms with Gasteiger partial charge in [0.05, 0.1) is 0 Å². The number of hydrogen-bond acceptors (Lipinski definition) is 5. The predicted molar refractivity (Wildman–Crippen MR) is 46.5 cm³/mol. The van der Waals surface area contributed by atoms with Crippen molar-refractivity contribution in [3.8, 4) is 0 Å². The Morgan fingerprint density at radius 1 is 1.33 bits per heavy atom. The topological polar surface area (TPSA) is 52.6 Å². The van der Waals surface area contributed by atoms with Gasteiger partial charge in [0.1, 0.15) is 0 Å². The van der Waals surface area contributed by atoms with Gasteiger partial charge in [0.25, 0.3) is 0 Å². The van der Waals surface area contributed by atoms with Crippen LogP contribution in [0.2, 0.25) is 0 Å². The van der Waals surface area contributed by atoms with Crippen molar-refractivity contribution in [1.29, 1.82) is 0 Å². The van der Waals surface area contributed by atoms with Crippen LogP contribution in [0.3, 0.4) is 0 Å². The zero-order valence-corrected chi connectivity index (χ0v) is 10.4. The maximum atomic E-state index is 11.9. The fraction of sp³-hybridized carbons (Fsp3) is 0.556. The number of halogens is 1. The van der Waals surface area contributed by atoms with Gasteiger partial charge in [-0.15, -0.1) is 0 Å². The molecule has 4 nitrogen and oxygen atoms in total. The first-order valence-corrected chi connectivity index (χ1v) is 9.21. The van der Waals surface area contributed by atoms with E-state index in [4.69, 9.17) is 9.47 Å². The number of alkyl halides is 1. The van der Waals surface area contributed by atoms with Crippen LogP contribution in [0.5, 0.6) is 0 Å². The van der Waals surface area contributed by atoms with Crippen molar-refractivity contribution in [3.05, 3.63) is 12.2 Å². The molecule has 0 aromatic heterocycles. The first-order valence-electron chi connectivity index (χ1n) is 4.60. The van der Waals surface area contributed by atoms with Crippen LogP contribution in [0.25, 0.3) is 0 Å². The Labute approximate surface area is 98.5 Å². The molecule has 0 aromatic rings. The average Bonchev–Trinajstić information content (AvgIpc) is 2.89. The van der Waals surface area contributed by atoms with Gasteiger partial charge in [-0.1, -0.05) is 0 Å². The molecule has 6 heteroatoms. The van der Waals surface area contributed by atoms with E-state index in [1.165, 1.54) is 0 Å². The Morgan fingerprint density at radius 3 is 2.93 bits per heavy atom. The number of esters is 2. The number of carbonyl (C=O) groups excluding carboxylic acids is 2. The van der Waals surface area contributed by atoms with E-state index < -0.39 is 28.7 Å². The average molecular weight is 337 g/mol. The van der Waals surface area contributed by atoms with E-state index >= 15 is 0 Å². The molecule has 0 aliphatic carbocycles. The van der Waals surface area contributed by atoms with Gasteiger partial charge in [-0.2, -0.15) is 0 Å². The molecule has 3 fully saturated rings. The number of hydrogen-bond donors (Lipinski definition) is 0. The third-order valence-electron chi connectivity index (χ3n) is 3.59. The van der Waals surface area contributed by atoms with Crippen LogP contribution in [0.4, 0.5) is 0 Å². The Hall–Kier alpha value is -0.0800. The monoisotopic (exact) mass is 337 g/mol. The van der Waals surface area contributed by atoms with E-state index in [9.17, 15) is 9.59 Å². The molecule has 4 aliphatic heterocycles. The summed E-state index contributed by atoms with van der Waals surface area (Å²) in [6, 6.07) is 0. The van der Waals surface area contributed by atoms with E-state index in [0.717, 1.165) is 0 Å². The molecule has 0 amide bonds. The van der Waals surface area contributed by atoms with Gasteiger partial charge in [-0.3, -0.25) is 0 Å². The van der Waals surface area contributed by atoms with E-state index in [1.807, 2.05) is 12.2 Å². The summed E-state index contributed by atoms with van der Waals surface area (Å²) < 4.78 is 9.98. The van der Waals surface area contributed by atoms with Crippen LogP contribution in [0.15, 0.2) is 12.2 Å². The first-order chi connectivity index (χ1) is 7.22. The number of carbonyl (C=O) groups is 2. The standard InChI is InChI=1S/C9H6IO4S/c11-6-8-3-15-10-9(8,7(12)14-6)5-2-1-4(8)13-5/h1-2,4-5H,3H2/q-1. The van der Waals surface area contributed by atoms with Gasteiger partial charge in [0.15, 0.2) is 0 Å². The van der Waals surface area contributed by atoms with Crippen LogP contribution in [0.1, 0.15) is 0 Å². The van der Waals surface area contributed by atoms with Crippen LogP contribution in [0, 0.1) is 5.41 Å². The first kappa shape index (κ1) is 9.00. The van der Waals surface area contributed by atoms with E-state index in [0.29, 0.717) is 5.75 Å². The summed E-state index contributed by atoms with van der Waals surface area (Å²) in [7, 11) is 1.76. The van der Waals surface area contributed by atoms with Gasteiger partial charge >= 0.3 is 98.7 Å². The summed E-state index contributed by atoms with van der Waals surface area (Å²) in [5, 5.41) is 0. The number of ether oxygens (including phenoxy) is 2. The summed E-state index contributed by atoms with van der Waals surface area (Å²) in [5.74, 6) is 0.00676. The number of fused-ring (bicyclic) bond motifs is 2. The van der Waals surface area contributed by atoms with Crippen LogP contribution in [-0.4, -0.2) is 33.3 Å². The Bertz CT molecular complexity index is 400. The third-order valence-corrected chi connectivity index (χ3v) is 10.5. The number of rotatable bonds is 0. The fourth-order valence-corrected chi connectivity index (χ4v) is 11.3. The minimum absolute atomic E-state index is 0.204. The van der Waals surface area contributed by atoms with Crippen molar-refractivity contribution in [1.82, 2.24) is 0 Å². The van der Waals surface area contributed by atoms with Crippen LogP contribution in [-0.2, 0) is 19.1 Å². The molecule has 4 heterocycles. The van der Waals surface area contributed by atoms with Gasteiger partial charge in [-0.25, -0.2) is 0 Å². The number of cyclic esters (lactones) is 2. The molecule has 4 rings (SSSR count). The van der Waals surface area contributed by atoms with Gasteiger partial charge in [0, 0.05) is 0 Å². The molecule has 0 aromatic carbocycles. The van der Waals surface area contributed by atoms with Crippen molar-refractivity contribution in [2.24, 2.45) is 5.41 Å². The molecule has 4 unspecified atom stereocenters. The maximum absolute atomic E-state index is 11.9. The molecule has 2 bridgehead atoms. The third kappa shape index (κ3) is 0.680. The SMILES string of the molecule is O=C1OC(=O)C23[I-]SCC12C1C=CC3O1. The Balaban J connectivity index is 2.05. The van der Waals surface area contributed by atoms with Crippen molar-refractivity contribution in [2.45, 2.75) is 15.6 Å². The van der Waals surface area contributed by atoms with Gasteiger partial charge in [-0.05, 0) is 0 Å². The summed E-state index contributed by atoms with van der Waals surface area (Å²) in [6.45, 7) is 0. The molecule has 0 saturated carbocycles. The minimum atomic E-state index is -0.665.